The number of hydrogen-bond acceptors (Lipinski definition) is 3. The molecule has 2 rings (SSSR count). The smallest absolute Gasteiger partial charge is 0.112 e. The minimum Gasteiger partial charge on any atom is -0.271 e. The third kappa shape index (κ3) is 3.52. The molecule has 2 aromatic rings. The second-order valence-corrected chi connectivity index (χ2v) is 6.18. The summed E-state index contributed by atoms with van der Waals surface area (Å²) in [5, 5.41) is 15.1. The van der Waals surface area contributed by atoms with Crippen LogP contribution in [0.2, 0.25) is 0 Å². The molecule has 1 atom stereocenters. The van der Waals surface area contributed by atoms with Crippen LogP contribution in [-0.2, 0) is 12.5 Å². The van der Waals surface area contributed by atoms with Crippen LogP contribution in [0.5, 0.6) is 0 Å². The molecule has 0 fully saturated rings. The Morgan fingerprint density at radius 1 is 1.19 bits per heavy atom. The van der Waals surface area contributed by atoms with Gasteiger partial charge in [-0.1, -0.05) is 51.7 Å². The predicted octanol–water partition coefficient (Wildman–Crippen LogP) is 3.84. The lowest BCUT2D eigenvalue weighted by molar-refractivity contribution is 0.355. The van der Waals surface area contributed by atoms with Crippen LogP contribution in [0.15, 0.2) is 12.3 Å². The Morgan fingerprint density at radius 2 is 2.00 bits per heavy atom. The monoisotopic (exact) mass is 289 g/mol. The van der Waals surface area contributed by atoms with Gasteiger partial charge in [0.05, 0.1) is 6.20 Å². The molecule has 2 aromatic heterocycles. The molecule has 0 amide bonds. The van der Waals surface area contributed by atoms with Gasteiger partial charge in [0, 0.05) is 18.2 Å². The standard InChI is InChI=1S/C16H27N5/c1-5-7-8-10-16(3,9-6-2)15-11-13(19-21(15)4)14-12-17-20-18-14/h11-12H,5-10H2,1-4H3,(H,17,18,20). The summed E-state index contributed by atoms with van der Waals surface area (Å²) in [7, 11) is 2.04. The molecule has 5 nitrogen and oxygen atoms in total. The topological polar surface area (TPSA) is 59.4 Å². The summed E-state index contributed by atoms with van der Waals surface area (Å²) in [5.74, 6) is 0. The van der Waals surface area contributed by atoms with E-state index < -0.39 is 0 Å². The predicted molar refractivity (Wildman–Crippen MR) is 85.0 cm³/mol. The maximum atomic E-state index is 4.64. The van der Waals surface area contributed by atoms with E-state index in [1.807, 2.05) is 11.7 Å². The Bertz CT molecular complexity index is 543. The molecule has 0 aliphatic heterocycles. The summed E-state index contributed by atoms with van der Waals surface area (Å²) in [5.41, 5.74) is 3.31. The number of nitrogens with zero attached hydrogens (tertiary/aromatic N) is 4. The average molecular weight is 289 g/mol. The van der Waals surface area contributed by atoms with Crippen LogP contribution in [0.25, 0.3) is 11.4 Å². The number of aromatic nitrogens is 5. The highest BCUT2D eigenvalue weighted by Crippen LogP contribution is 2.35. The van der Waals surface area contributed by atoms with Crippen LogP contribution in [0, 0.1) is 0 Å². The Labute approximate surface area is 127 Å². The molecule has 0 radical (unpaired) electrons. The van der Waals surface area contributed by atoms with Gasteiger partial charge in [-0.3, -0.25) is 9.78 Å². The van der Waals surface area contributed by atoms with E-state index in [0.717, 1.165) is 11.4 Å². The van der Waals surface area contributed by atoms with Crippen LogP contribution >= 0.6 is 0 Å². The van der Waals surface area contributed by atoms with Gasteiger partial charge in [-0.05, 0) is 18.9 Å². The lowest BCUT2D eigenvalue weighted by Gasteiger charge is -2.29. The zero-order valence-corrected chi connectivity index (χ0v) is 13.7. The van der Waals surface area contributed by atoms with E-state index in [0.29, 0.717) is 0 Å². The van der Waals surface area contributed by atoms with Gasteiger partial charge in [0.2, 0.25) is 0 Å². The Hall–Kier alpha value is -1.65. The Balaban J connectivity index is 2.27. The molecule has 0 aliphatic carbocycles. The lowest BCUT2D eigenvalue weighted by Crippen LogP contribution is -2.25. The van der Waals surface area contributed by atoms with Crippen molar-refractivity contribution >= 4 is 0 Å². The molecule has 2 heterocycles. The average Bonchev–Trinajstić information content (AvgIpc) is 3.08. The van der Waals surface area contributed by atoms with Crippen molar-refractivity contribution in [1.29, 1.82) is 0 Å². The molecule has 0 saturated carbocycles. The number of hydrogen-bond donors (Lipinski definition) is 1. The minimum absolute atomic E-state index is 0.192. The first-order valence-corrected chi connectivity index (χ1v) is 8.01. The number of unbranched alkanes of at least 4 members (excludes halogenated alkanes) is 2. The van der Waals surface area contributed by atoms with Crippen LogP contribution in [0.1, 0.15) is 65.0 Å². The van der Waals surface area contributed by atoms with Gasteiger partial charge in [-0.2, -0.15) is 5.10 Å². The molecule has 1 N–H and O–H groups in total. The van der Waals surface area contributed by atoms with E-state index in [1.165, 1.54) is 44.2 Å². The molecule has 0 aliphatic rings. The Morgan fingerprint density at radius 3 is 2.62 bits per heavy atom. The first-order valence-electron chi connectivity index (χ1n) is 8.01. The van der Waals surface area contributed by atoms with E-state index in [1.54, 1.807) is 6.20 Å². The normalized spacial score (nSPS) is 14.3. The second-order valence-electron chi connectivity index (χ2n) is 6.18. The fourth-order valence-corrected chi connectivity index (χ4v) is 3.18. The molecular weight excluding hydrogens is 262 g/mol. The summed E-state index contributed by atoms with van der Waals surface area (Å²) in [6.07, 6.45) is 9.16. The third-order valence-electron chi connectivity index (χ3n) is 4.32. The summed E-state index contributed by atoms with van der Waals surface area (Å²) in [6, 6.07) is 2.19. The molecule has 116 valence electrons. The molecule has 1 unspecified atom stereocenters. The maximum absolute atomic E-state index is 4.64. The van der Waals surface area contributed by atoms with Crippen LogP contribution < -0.4 is 0 Å². The van der Waals surface area contributed by atoms with Crippen LogP contribution in [-0.4, -0.2) is 25.2 Å². The van der Waals surface area contributed by atoms with E-state index in [-0.39, 0.29) is 5.41 Å². The van der Waals surface area contributed by atoms with Crippen molar-refractivity contribution in [2.24, 2.45) is 7.05 Å². The van der Waals surface area contributed by atoms with Crippen molar-refractivity contribution in [2.75, 3.05) is 0 Å². The van der Waals surface area contributed by atoms with Gasteiger partial charge in [0.1, 0.15) is 11.4 Å². The molecule has 0 aromatic carbocycles. The molecule has 0 bridgehead atoms. The van der Waals surface area contributed by atoms with Gasteiger partial charge in [0.15, 0.2) is 0 Å². The molecule has 5 heteroatoms. The highest BCUT2D eigenvalue weighted by molar-refractivity contribution is 5.53. The van der Waals surface area contributed by atoms with E-state index in [9.17, 15) is 0 Å². The highest BCUT2D eigenvalue weighted by atomic mass is 15.3. The van der Waals surface area contributed by atoms with Gasteiger partial charge in [-0.15, -0.1) is 5.10 Å². The fraction of sp³-hybridized carbons (Fsp3) is 0.688. The first-order chi connectivity index (χ1) is 10.1. The van der Waals surface area contributed by atoms with Gasteiger partial charge < -0.3 is 0 Å². The largest absolute Gasteiger partial charge is 0.271 e. The Kier molecular flexibility index (Phi) is 5.15. The summed E-state index contributed by atoms with van der Waals surface area (Å²) in [6.45, 7) is 6.89. The quantitative estimate of drug-likeness (QED) is 0.751. The van der Waals surface area contributed by atoms with Gasteiger partial charge in [0.25, 0.3) is 0 Å². The summed E-state index contributed by atoms with van der Waals surface area (Å²) in [4.78, 5) is 0. The minimum atomic E-state index is 0.192. The summed E-state index contributed by atoms with van der Waals surface area (Å²) < 4.78 is 2.03. The van der Waals surface area contributed by atoms with Crippen molar-refractivity contribution in [1.82, 2.24) is 25.2 Å². The zero-order valence-electron chi connectivity index (χ0n) is 13.7. The molecule has 0 spiro atoms. The molecule has 21 heavy (non-hydrogen) atoms. The van der Waals surface area contributed by atoms with E-state index in [2.05, 4.69) is 47.3 Å². The van der Waals surface area contributed by atoms with Crippen molar-refractivity contribution in [3.05, 3.63) is 18.0 Å². The van der Waals surface area contributed by atoms with Gasteiger partial charge in [-0.25, -0.2) is 0 Å². The third-order valence-corrected chi connectivity index (χ3v) is 4.32. The molecular formula is C16H27N5. The highest BCUT2D eigenvalue weighted by Gasteiger charge is 2.29. The summed E-state index contributed by atoms with van der Waals surface area (Å²) >= 11 is 0. The fourth-order valence-electron chi connectivity index (χ4n) is 3.18. The van der Waals surface area contributed by atoms with Crippen molar-refractivity contribution in [3.63, 3.8) is 0 Å². The van der Waals surface area contributed by atoms with Crippen LogP contribution in [0.3, 0.4) is 0 Å². The maximum Gasteiger partial charge on any atom is 0.112 e. The van der Waals surface area contributed by atoms with Crippen molar-refractivity contribution in [2.45, 2.75) is 64.7 Å². The van der Waals surface area contributed by atoms with E-state index >= 15 is 0 Å². The zero-order chi connectivity index (χ0) is 15.3. The van der Waals surface area contributed by atoms with Crippen molar-refractivity contribution < 1.29 is 0 Å². The number of H-pyrrole nitrogens is 1. The number of rotatable bonds is 8. The SMILES string of the molecule is CCCCCC(C)(CCC)c1cc(-c2cnn[nH]2)nn1C. The molecule has 0 saturated heterocycles. The number of aryl methyl sites for hydroxylation is 1. The van der Waals surface area contributed by atoms with Crippen molar-refractivity contribution in [3.8, 4) is 11.4 Å². The van der Waals surface area contributed by atoms with Gasteiger partial charge >= 0.3 is 0 Å². The van der Waals surface area contributed by atoms with E-state index in [4.69, 9.17) is 0 Å². The lowest BCUT2D eigenvalue weighted by atomic mass is 9.77. The first kappa shape index (κ1) is 15.7. The number of nitrogens with one attached hydrogen (secondary N) is 1. The number of aromatic amines is 1. The second kappa shape index (κ2) is 6.87. The van der Waals surface area contributed by atoms with Crippen LogP contribution in [0.4, 0.5) is 0 Å².